The number of hydrogen-bond acceptors (Lipinski definition) is 5. The number of benzene rings is 2. The Morgan fingerprint density at radius 2 is 1.79 bits per heavy atom. The van der Waals surface area contributed by atoms with E-state index < -0.39 is 0 Å². The van der Waals surface area contributed by atoms with E-state index in [-0.39, 0.29) is 23.8 Å². The Balaban J connectivity index is 1.56. The summed E-state index contributed by atoms with van der Waals surface area (Å²) in [7, 11) is 0. The van der Waals surface area contributed by atoms with Crippen LogP contribution in [-0.2, 0) is 20.7 Å². The summed E-state index contributed by atoms with van der Waals surface area (Å²) < 4.78 is 17.3. The molecule has 3 rings (SSSR count). The summed E-state index contributed by atoms with van der Waals surface area (Å²) >= 11 is 0. The molecule has 1 fully saturated rings. The van der Waals surface area contributed by atoms with Crippen molar-refractivity contribution in [3.8, 4) is 5.75 Å². The first-order chi connectivity index (χ1) is 13.8. The molecule has 2 unspecified atom stereocenters. The minimum atomic E-state index is -0.250. The summed E-state index contributed by atoms with van der Waals surface area (Å²) in [4.78, 5) is 13.2. The maximum absolute atomic E-state index is 10.8. The molecule has 1 aliphatic rings. The van der Waals surface area contributed by atoms with Crippen LogP contribution < -0.4 is 4.74 Å². The number of rotatable bonds is 7. The molecule has 0 bridgehead atoms. The zero-order chi connectivity index (χ0) is 20.9. The highest BCUT2D eigenvalue weighted by atomic mass is 16.6. The molecular formula is C24H31NO4. The lowest BCUT2D eigenvalue weighted by Gasteiger charge is -2.35. The average Bonchev–Trinajstić information content (AvgIpc) is 3.13. The van der Waals surface area contributed by atoms with Gasteiger partial charge in [0.1, 0.15) is 24.7 Å². The second-order valence-electron chi connectivity index (χ2n) is 8.39. The van der Waals surface area contributed by atoms with Crippen molar-refractivity contribution >= 4 is 5.97 Å². The van der Waals surface area contributed by atoms with Gasteiger partial charge in [0.2, 0.25) is 0 Å². The SMILES string of the molecule is CC(=O)OCCc1ccc(OCC2CN(C(C)(C)C)C(c3ccccc3)O2)cc1. The second kappa shape index (κ2) is 9.42. The Labute approximate surface area is 173 Å². The second-order valence-corrected chi connectivity index (χ2v) is 8.39. The van der Waals surface area contributed by atoms with Gasteiger partial charge in [0, 0.05) is 25.4 Å². The molecule has 29 heavy (non-hydrogen) atoms. The van der Waals surface area contributed by atoms with Gasteiger partial charge < -0.3 is 14.2 Å². The molecule has 0 saturated carbocycles. The number of carbonyl (C=O) groups is 1. The average molecular weight is 398 g/mol. The molecule has 2 aromatic rings. The van der Waals surface area contributed by atoms with Crippen LogP contribution in [0.3, 0.4) is 0 Å². The lowest BCUT2D eigenvalue weighted by molar-refractivity contribution is -0.140. The Kier molecular flexibility index (Phi) is 6.93. The van der Waals surface area contributed by atoms with E-state index in [4.69, 9.17) is 14.2 Å². The van der Waals surface area contributed by atoms with Gasteiger partial charge in [-0.15, -0.1) is 0 Å². The van der Waals surface area contributed by atoms with Crippen LogP contribution >= 0.6 is 0 Å². The summed E-state index contributed by atoms with van der Waals surface area (Å²) in [6, 6.07) is 18.3. The van der Waals surface area contributed by atoms with Gasteiger partial charge in [-0.3, -0.25) is 9.69 Å². The van der Waals surface area contributed by atoms with Crippen molar-refractivity contribution in [2.24, 2.45) is 0 Å². The third kappa shape index (κ3) is 6.05. The van der Waals surface area contributed by atoms with E-state index in [0.717, 1.165) is 17.9 Å². The van der Waals surface area contributed by atoms with E-state index in [9.17, 15) is 4.79 Å². The summed E-state index contributed by atoms with van der Waals surface area (Å²) in [6.07, 6.45) is 0.641. The molecule has 1 aliphatic heterocycles. The van der Waals surface area contributed by atoms with Crippen LogP contribution in [0.1, 0.15) is 45.0 Å². The molecule has 1 heterocycles. The lowest BCUT2D eigenvalue weighted by atomic mass is 10.0. The zero-order valence-electron chi connectivity index (χ0n) is 17.8. The van der Waals surface area contributed by atoms with Gasteiger partial charge in [-0.25, -0.2) is 0 Å². The molecule has 0 spiro atoms. The van der Waals surface area contributed by atoms with Crippen LogP contribution in [0.2, 0.25) is 0 Å². The van der Waals surface area contributed by atoms with Crippen molar-refractivity contribution in [1.82, 2.24) is 4.90 Å². The zero-order valence-corrected chi connectivity index (χ0v) is 17.8. The standard InChI is InChI=1S/C24H31NO4/c1-18(26)27-15-14-19-10-12-21(13-11-19)28-17-22-16-25(24(2,3)4)23(29-22)20-8-6-5-7-9-20/h5-13,22-23H,14-17H2,1-4H3. The van der Waals surface area contributed by atoms with E-state index in [1.165, 1.54) is 12.5 Å². The fourth-order valence-electron chi connectivity index (χ4n) is 3.46. The third-order valence-electron chi connectivity index (χ3n) is 5.01. The van der Waals surface area contributed by atoms with Crippen molar-refractivity contribution in [2.45, 2.75) is 52.0 Å². The molecule has 5 nitrogen and oxygen atoms in total. The van der Waals surface area contributed by atoms with Crippen LogP contribution in [0.15, 0.2) is 54.6 Å². The molecule has 0 aromatic heterocycles. The first kappa shape index (κ1) is 21.3. The molecule has 2 aromatic carbocycles. The first-order valence-corrected chi connectivity index (χ1v) is 10.1. The number of ether oxygens (including phenoxy) is 3. The van der Waals surface area contributed by atoms with Gasteiger partial charge in [0.05, 0.1) is 6.61 Å². The van der Waals surface area contributed by atoms with Gasteiger partial charge in [-0.2, -0.15) is 0 Å². The summed E-state index contributed by atoms with van der Waals surface area (Å²) in [5, 5.41) is 0. The van der Waals surface area contributed by atoms with Gasteiger partial charge in [0.25, 0.3) is 0 Å². The normalized spacial score (nSPS) is 19.9. The minimum absolute atomic E-state index is 0.00114. The van der Waals surface area contributed by atoms with Crippen molar-refractivity contribution < 1.29 is 19.0 Å². The number of carbonyl (C=O) groups excluding carboxylic acids is 1. The Morgan fingerprint density at radius 3 is 2.41 bits per heavy atom. The number of nitrogens with zero attached hydrogens (tertiary/aromatic N) is 1. The molecular weight excluding hydrogens is 366 g/mol. The van der Waals surface area contributed by atoms with Crippen molar-refractivity contribution in [1.29, 1.82) is 0 Å². The molecule has 0 N–H and O–H groups in total. The predicted molar refractivity (Wildman–Crippen MR) is 113 cm³/mol. The van der Waals surface area contributed by atoms with Crippen LogP contribution in [0.4, 0.5) is 0 Å². The smallest absolute Gasteiger partial charge is 0.302 e. The summed E-state index contributed by atoms with van der Waals surface area (Å²) in [5.41, 5.74) is 2.28. The molecule has 2 atom stereocenters. The van der Waals surface area contributed by atoms with E-state index in [2.05, 4.69) is 37.8 Å². The minimum Gasteiger partial charge on any atom is -0.491 e. The van der Waals surface area contributed by atoms with E-state index in [0.29, 0.717) is 19.6 Å². The van der Waals surface area contributed by atoms with Crippen molar-refractivity contribution in [3.63, 3.8) is 0 Å². The summed E-state index contributed by atoms with van der Waals surface area (Å²) in [6.45, 7) is 9.78. The third-order valence-corrected chi connectivity index (χ3v) is 5.01. The number of esters is 1. The van der Waals surface area contributed by atoms with Crippen LogP contribution in [0.25, 0.3) is 0 Å². The Bertz CT molecular complexity index is 783. The quantitative estimate of drug-likeness (QED) is 0.650. The molecule has 5 heteroatoms. The fourth-order valence-corrected chi connectivity index (χ4v) is 3.46. The molecule has 156 valence electrons. The molecule has 0 aliphatic carbocycles. The van der Waals surface area contributed by atoms with Gasteiger partial charge >= 0.3 is 5.97 Å². The van der Waals surface area contributed by atoms with E-state index in [1.54, 1.807) is 0 Å². The Hall–Kier alpha value is -2.37. The fraction of sp³-hybridized carbons (Fsp3) is 0.458. The first-order valence-electron chi connectivity index (χ1n) is 10.1. The largest absolute Gasteiger partial charge is 0.491 e. The molecule has 0 amide bonds. The maximum atomic E-state index is 10.8. The maximum Gasteiger partial charge on any atom is 0.302 e. The highest BCUT2D eigenvalue weighted by Gasteiger charge is 2.40. The lowest BCUT2D eigenvalue weighted by Crippen LogP contribution is -2.42. The highest BCUT2D eigenvalue weighted by Crippen LogP contribution is 2.36. The van der Waals surface area contributed by atoms with Crippen LogP contribution in [0.5, 0.6) is 5.75 Å². The van der Waals surface area contributed by atoms with Crippen molar-refractivity contribution in [2.75, 3.05) is 19.8 Å². The van der Waals surface area contributed by atoms with Gasteiger partial charge in [-0.05, 0) is 44.0 Å². The Morgan fingerprint density at radius 1 is 1.10 bits per heavy atom. The van der Waals surface area contributed by atoms with Crippen molar-refractivity contribution in [3.05, 3.63) is 65.7 Å². The van der Waals surface area contributed by atoms with Gasteiger partial charge in [0.15, 0.2) is 0 Å². The summed E-state index contributed by atoms with van der Waals surface area (Å²) in [5.74, 6) is 0.565. The van der Waals surface area contributed by atoms with E-state index in [1.807, 2.05) is 42.5 Å². The molecule has 0 radical (unpaired) electrons. The van der Waals surface area contributed by atoms with Crippen LogP contribution in [-0.4, -0.2) is 42.3 Å². The monoisotopic (exact) mass is 397 g/mol. The highest BCUT2D eigenvalue weighted by molar-refractivity contribution is 5.65. The van der Waals surface area contributed by atoms with E-state index >= 15 is 0 Å². The predicted octanol–water partition coefficient (Wildman–Crippen LogP) is 4.37. The topological polar surface area (TPSA) is 48.0 Å². The molecule has 1 saturated heterocycles. The van der Waals surface area contributed by atoms with Crippen LogP contribution in [0, 0.1) is 0 Å². The number of hydrogen-bond donors (Lipinski definition) is 0. The van der Waals surface area contributed by atoms with Gasteiger partial charge in [-0.1, -0.05) is 42.5 Å².